The van der Waals surface area contributed by atoms with E-state index >= 15 is 0 Å². The Bertz CT molecular complexity index is 986. The van der Waals surface area contributed by atoms with Gasteiger partial charge in [-0.2, -0.15) is 17.5 Å². The van der Waals surface area contributed by atoms with Crippen LogP contribution in [0.4, 0.5) is 18.9 Å². The van der Waals surface area contributed by atoms with Gasteiger partial charge in [-0.1, -0.05) is 11.6 Å². The van der Waals surface area contributed by atoms with Gasteiger partial charge in [-0.05, 0) is 29.6 Å². The number of hydrogen-bond donors (Lipinski definition) is 1. The highest BCUT2D eigenvalue weighted by Gasteiger charge is 2.34. The molecule has 1 N–H and O–H groups in total. The number of nitrogens with zero attached hydrogens (tertiary/aromatic N) is 1. The lowest BCUT2D eigenvalue weighted by molar-refractivity contribution is -0.137. The van der Waals surface area contributed by atoms with Crippen LogP contribution in [0, 0.1) is 0 Å². The number of nitrogens with one attached hydrogen (secondary N) is 1. The number of morpholine rings is 1. The van der Waals surface area contributed by atoms with E-state index in [1.165, 1.54) is 21.8 Å². The molecule has 6 nitrogen and oxygen atoms in total. The van der Waals surface area contributed by atoms with E-state index in [0.29, 0.717) is 6.07 Å². The molecule has 0 aliphatic carbocycles. The maximum Gasteiger partial charge on any atom is 0.417 e. The van der Waals surface area contributed by atoms with Crippen molar-refractivity contribution in [2.45, 2.75) is 11.1 Å². The predicted molar refractivity (Wildman–Crippen MR) is 98.3 cm³/mol. The number of carbonyl (C=O) groups is 1. The molecule has 28 heavy (non-hydrogen) atoms. The Morgan fingerprint density at radius 2 is 1.89 bits per heavy atom. The molecule has 1 aliphatic rings. The second-order valence-electron chi connectivity index (χ2n) is 5.78. The van der Waals surface area contributed by atoms with Crippen LogP contribution in [0.3, 0.4) is 0 Å². The summed E-state index contributed by atoms with van der Waals surface area (Å²) in [6, 6.07) is 4.22. The molecular weight excluding hydrogens is 441 g/mol. The van der Waals surface area contributed by atoms with Crippen molar-refractivity contribution >= 4 is 44.6 Å². The van der Waals surface area contributed by atoms with Gasteiger partial charge in [0.25, 0.3) is 5.91 Å². The van der Waals surface area contributed by atoms with Gasteiger partial charge in [0.05, 0.1) is 23.8 Å². The fourth-order valence-electron chi connectivity index (χ4n) is 2.60. The molecule has 0 unspecified atom stereocenters. The molecule has 2 aromatic rings. The second-order valence-corrected chi connectivity index (χ2v) is 9.01. The van der Waals surface area contributed by atoms with Crippen molar-refractivity contribution in [1.82, 2.24) is 4.31 Å². The Hall–Kier alpha value is -1.66. The first-order chi connectivity index (χ1) is 13.1. The summed E-state index contributed by atoms with van der Waals surface area (Å²) >= 11 is 6.45. The maximum absolute atomic E-state index is 13.0. The molecule has 152 valence electrons. The fourth-order valence-corrected chi connectivity index (χ4v) is 5.53. The van der Waals surface area contributed by atoms with Crippen molar-refractivity contribution in [3.63, 3.8) is 0 Å². The van der Waals surface area contributed by atoms with Gasteiger partial charge in [-0.15, -0.1) is 11.3 Å². The third kappa shape index (κ3) is 4.33. The molecule has 2 heterocycles. The lowest BCUT2D eigenvalue weighted by Crippen LogP contribution is -2.41. The first-order valence-corrected chi connectivity index (χ1v) is 10.6. The topological polar surface area (TPSA) is 75.7 Å². The lowest BCUT2D eigenvalue weighted by atomic mass is 10.2. The van der Waals surface area contributed by atoms with E-state index in [0.717, 1.165) is 17.4 Å². The summed E-state index contributed by atoms with van der Waals surface area (Å²) in [4.78, 5) is 12.2. The Morgan fingerprint density at radius 3 is 2.54 bits per heavy atom. The van der Waals surface area contributed by atoms with Crippen LogP contribution in [0.1, 0.15) is 15.2 Å². The quantitative estimate of drug-likeness (QED) is 0.764. The van der Waals surface area contributed by atoms with Gasteiger partial charge < -0.3 is 10.1 Å². The zero-order valence-electron chi connectivity index (χ0n) is 14.1. The molecule has 0 spiro atoms. The normalized spacial score (nSPS) is 16.1. The monoisotopic (exact) mass is 454 g/mol. The zero-order chi connectivity index (χ0) is 20.5. The average Bonchev–Trinajstić information content (AvgIpc) is 3.14. The molecule has 1 aromatic heterocycles. The number of sulfonamides is 1. The number of thiophene rings is 1. The number of anilines is 1. The molecule has 1 amide bonds. The van der Waals surface area contributed by atoms with Crippen molar-refractivity contribution in [3.05, 3.63) is 45.1 Å². The minimum absolute atomic E-state index is 0.116. The summed E-state index contributed by atoms with van der Waals surface area (Å²) in [5.41, 5.74) is -1.25. The largest absolute Gasteiger partial charge is 0.417 e. The SMILES string of the molecule is O=C(Nc1ccc(Cl)c(C(F)(F)F)c1)c1sccc1S(=O)(=O)N1CCOCC1. The summed E-state index contributed by atoms with van der Waals surface area (Å²) in [5, 5.41) is 3.24. The second kappa shape index (κ2) is 7.99. The van der Waals surface area contributed by atoms with Gasteiger partial charge in [0.2, 0.25) is 10.0 Å². The van der Waals surface area contributed by atoms with E-state index in [1.807, 2.05) is 0 Å². The molecule has 0 saturated carbocycles. The standard InChI is InChI=1S/C16H14ClF3N2O4S2/c17-12-2-1-10(9-11(12)16(18,19)20)21-15(23)14-13(3-8-27-14)28(24,25)22-4-6-26-7-5-22/h1-3,8-9H,4-7H2,(H,21,23). The first kappa shape index (κ1) is 21.1. The number of amides is 1. The van der Waals surface area contributed by atoms with Crippen LogP contribution in [-0.2, 0) is 20.9 Å². The van der Waals surface area contributed by atoms with Crippen LogP contribution in [0.5, 0.6) is 0 Å². The number of benzene rings is 1. The van der Waals surface area contributed by atoms with E-state index in [9.17, 15) is 26.4 Å². The Kier molecular flexibility index (Phi) is 6.01. The number of halogens is 4. The summed E-state index contributed by atoms with van der Waals surface area (Å²) in [7, 11) is -3.92. The number of ether oxygens (including phenoxy) is 1. The van der Waals surface area contributed by atoms with Crippen LogP contribution in [0.25, 0.3) is 0 Å². The van der Waals surface area contributed by atoms with Crippen LogP contribution in [0.2, 0.25) is 5.02 Å². The molecule has 3 rings (SSSR count). The number of carbonyl (C=O) groups excluding carboxylic acids is 1. The molecule has 1 saturated heterocycles. The van der Waals surface area contributed by atoms with Crippen molar-refractivity contribution in [2.24, 2.45) is 0 Å². The predicted octanol–water partition coefficient (Wildman–Crippen LogP) is 3.69. The van der Waals surface area contributed by atoms with E-state index in [4.69, 9.17) is 16.3 Å². The van der Waals surface area contributed by atoms with E-state index in [2.05, 4.69) is 5.32 Å². The molecule has 1 aromatic carbocycles. The van der Waals surface area contributed by atoms with Gasteiger partial charge in [-0.25, -0.2) is 8.42 Å². The molecule has 1 fully saturated rings. The average molecular weight is 455 g/mol. The third-order valence-corrected chi connectivity index (χ3v) is 7.27. The van der Waals surface area contributed by atoms with Crippen molar-refractivity contribution in [3.8, 4) is 0 Å². The molecule has 0 radical (unpaired) electrons. The van der Waals surface area contributed by atoms with Gasteiger partial charge >= 0.3 is 6.18 Å². The highest BCUT2D eigenvalue weighted by atomic mass is 35.5. The van der Waals surface area contributed by atoms with Crippen LogP contribution in [-0.4, -0.2) is 44.9 Å². The molecule has 1 aliphatic heterocycles. The number of hydrogen-bond acceptors (Lipinski definition) is 5. The minimum Gasteiger partial charge on any atom is -0.379 e. The first-order valence-electron chi connectivity index (χ1n) is 7.94. The van der Waals surface area contributed by atoms with Gasteiger partial charge in [0.15, 0.2) is 0 Å². The number of alkyl halides is 3. The van der Waals surface area contributed by atoms with Crippen LogP contribution < -0.4 is 5.32 Å². The lowest BCUT2D eigenvalue weighted by Gasteiger charge is -2.26. The summed E-state index contributed by atoms with van der Waals surface area (Å²) in [6.45, 7) is 0.808. The van der Waals surface area contributed by atoms with E-state index in [-0.39, 0.29) is 41.8 Å². The van der Waals surface area contributed by atoms with E-state index < -0.39 is 32.7 Å². The van der Waals surface area contributed by atoms with Crippen molar-refractivity contribution < 1.29 is 31.1 Å². The van der Waals surface area contributed by atoms with Crippen molar-refractivity contribution in [2.75, 3.05) is 31.6 Å². The molecular formula is C16H14ClF3N2O4S2. The highest BCUT2D eigenvalue weighted by Crippen LogP contribution is 2.36. The Morgan fingerprint density at radius 1 is 1.21 bits per heavy atom. The van der Waals surface area contributed by atoms with Gasteiger partial charge in [0.1, 0.15) is 9.77 Å². The van der Waals surface area contributed by atoms with Crippen LogP contribution >= 0.6 is 22.9 Å². The molecule has 0 bridgehead atoms. The summed E-state index contributed by atoms with van der Waals surface area (Å²) in [5.74, 6) is -0.822. The summed E-state index contributed by atoms with van der Waals surface area (Å²) in [6.07, 6.45) is -4.69. The summed E-state index contributed by atoms with van der Waals surface area (Å²) < 4.78 is 70.8. The molecule has 0 atom stereocenters. The van der Waals surface area contributed by atoms with Gasteiger partial charge in [0, 0.05) is 18.8 Å². The Labute approximate surface area is 167 Å². The van der Waals surface area contributed by atoms with Crippen molar-refractivity contribution in [1.29, 1.82) is 0 Å². The zero-order valence-corrected chi connectivity index (χ0v) is 16.5. The van der Waals surface area contributed by atoms with Gasteiger partial charge in [-0.3, -0.25) is 4.79 Å². The van der Waals surface area contributed by atoms with Crippen LogP contribution in [0.15, 0.2) is 34.5 Å². The fraction of sp³-hybridized carbons (Fsp3) is 0.312. The van der Waals surface area contributed by atoms with E-state index in [1.54, 1.807) is 0 Å². The number of rotatable bonds is 4. The molecule has 12 heteroatoms. The third-order valence-electron chi connectivity index (χ3n) is 3.95. The highest BCUT2D eigenvalue weighted by molar-refractivity contribution is 7.89. The minimum atomic E-state index is -4.69. The smallest absolute Gasteiger partial charge is 0.379 e. The maximum atomic E-state index is 13.0. The Balaban J connectivity index is 1.87.